The van der Waals surface area contributed by atoms with Crippen LogP contribution in [-0.2, 0) is 23.9 Å². The largest absolute Gasteiger partial charge is 0.509 e. The van der Waals surface area contributed by atoms with Crippen LogP contribution in [0.15, 0.2) is 18.2 Å². The summed E-state index contributed by atoms with van der Waals surface area (Å²) in [4.78, 5) is 49.9. The molecule has 3 unspecified atom stereocenters. The molecule has 0 amide bonds. The topological polar surface area (TPSA) is 151 Å². The van der Waals surface area contributed by atoms with Crippen LogP contribution in [-0.4, -0.2) is 46.9 Å². The molecule has 232 valence electrons. The zero-order valence-electron chi connectivity index (χ0n) is 26.5. The van der Waals surface area contributed by atoms with Crippen LogP contribution in [0.4, 0.5) is 4.79 Å². The summed E-state index contributed by atoms with van der Waals surface area (Å²) in [6.45, 7) is 20.0. The minimum atomic E-state index is -1.40. The molecule has 10 heteroatoms. The van der Waals surface area contributed by atoms with Crippen molar-refractivity contribution in [2.45, 2.75) is 119 Å². The molecule has 0 aliphatic rings. The molecule has 41 heavy (non-hydrogen) atoms. The fourth-order valence-corrected chi connectivity index (χ4v) is 3.94. The first-order valence-corrected chi connectivity index (χ1v) is 14.0. The zero-order chi connectivity index (χ0) is 31.9. The average Bonchev–Trinajstić information content (AvgIpc) is 2.77. The third kappa shape index (κ3) is 12.5. The highest BCUT2D eigenvalue weighted by molar-refractivity contribution is 5.78. The molecular formula is C31H49NO9. The highest BCUT2D eigenvalue weighted by Crippen LogP contribution is 2.38. The molecule has 0 saturated carbocycles. The number of aliphatic carboxylic acids is 1. The molecule has 10 nitrogen and oxygen atoms in total. The second-order valence-electron chi connectivity index (χ2n) is 13.7. The maximum Gasteiger partial charge on any atom is 0.509 e. The predicted octanol–water partition coefficient (Wildman–Crippen LogP) is 6.23. The van der Waals surface area contributed by atoms with Gasteiger partial charge in [-0.15, -0.1) is 0 Å². The van der Waals surface area contributed by atoms with Crippen molar-refractivity contribution >= 4 is 24.1 Å². The van der Waals surface area contributed by atoms with Gasteiger partial charge in [0.2, 0.25) is 0 Å². The summed E-state index contributed by atoms with van der Waals surface area (Å²) >= 11 is 0. The average molecular weight is 580 g/mol. The van der Waals surface area contributed by atoms with E-state index in [0.717, 1.165) is 0 Å². The summed E-state index contributed by atoms with van der Waals surface area (Å²) in [5, 5.41) is 9.82. The number of ether oxygens (including phenoxy) is 4. The first-order valence-electron chi connectivity index (χ1n) is 14.0. The summed E-state index contributed by atoms with van der Waals surface area (Å²) in [5.41, 5.74) is 5.11. The first-order chi connectivity index (χ1) is 18.5. The minimum absolute atomic E-state index is 0.0234. The Morgan fingerprint density at radius 3 is 1.78 bits per heavy atom. The summed E-state index contributed by atoms with van der Waals surface area (Å²) in [6.07, 6.45) is -0.893. The van der Waals surface area contributed by atoms with Crippen molar-refractivity contribution in [3.8, 4) is 11.5 Å². The zero-order valence-corrected chi connectivity index (χ0v) is 26.5. The summed E-state index contributed by atoms with van der Waals surface area (Å²) < 4.78 is 22.1. The van der Waals surface area contributed by atoms with E-state index in [4.69, 9.17) is 24.7 Å². The van der Waals surface area contributed by atoms with Crippen molar-refractivity contribution < 1.29 is 43.2 Å². The molecule has 1 aromatic rings. The molecule has 0 aliphatic heterocycles. The second-order valence-corrected chi connectivity index (χ2v) is 13.7. The van der Waals surface area contributed by atoms with Gasteiger partial charge in [-0.05, 0) is 55.7 Å². The monoisotopic (exact) mass is 579 g/mol. The molecule has 0 aromatic heterocycles. The molecule has 0 heterocycles. The van der Waals surface area contributed by atoms with Gasteiger partial charge >= 0.3 is 24.1 Å². The van der Waals surface area contributed by atoms with Gasteiger partial charge in [-0.3, -0.25) is 14.4 Å². The van der Waals surface area contributed by atoms with Gasteiger partial charge in [0.05, 0.1) is 12.8 Å². The lowest BCUT2D eigenvalue weighted by atomic mass is 9.79. The number of carbonyl (C=O) groups is 4. The number of hydrogen-bond donors (Lipinski definition) is 2. The van der Waals surface area contributed by atoms with Gasteiger partial charge in [0, 0.05) is 11.8 Å². The van der Waals surface area contributed by atoms with Crippen molar-refractivity contribution in [3.05, 3.63) is 23.8 Å². The maximum absolute atomic E-state index is 12.8. The van der Waals surface area contributed by atoms with Crippen molar-refractivity contribution in [2.75, 3.05) is 0 Å². The van der Waals surface area contributed by atoms with Crippen molar-refractivity contribution in [2.24, 2.45) is 22.5 Å². The standard InChI is InChI=1S/C31H49NO9/c1-12-31(10,11)41-28(37)38-19(3)18(2)25(26(32)27(35)36)20-13-14-21(39-23(33)16-29(4,5)6)22(15-20)40-24(34)17-30(7,8)9/h13-15,18-19,25-26H,12,16-17,32H2,1-11H3,(H,35,36)/t18?,19?,25?,26-/m0/s1. The molecule has 1 rings (SSSR count). The third-order valence-electron chi connectivity index (χ3n) is 6.62. The van der Waals surface area contributed by atoms with Crippen LogP contribution in [0.2, 0.25) is 0 Å². The summed E-state index contributed by atoms with van der Waals surface area (Å²) in [7, 11) is 0. The van der Waals surface area contributed by atoms with Gasteiger partial charge in [0.1, 0.15) is 17.7 Å². The lowest BCUT2D eigenvalue weighted by Crippen LogP contribution is -2.43. The van der Waals surface area contributed by atoms with Gasteiger partial charge in [0.15, 0.2) is 11.5 Å². The smallest absolute Gasteiger partial charge is 0.480 e. The summed E-state index contributed by atoms with van der Waals surface area (Å²) in [5.74, 6) is -3.83. The number of carbonyl (C=O) groups excluding carboxylic acids is 3. The Balaban J connectivity index is 3.48. The van der Waals surface area contributed by atoms with E-state index in [1.807, 2.05) is 48.5 Å². The van der Waals surface area contributed by atoms with E-state index in [0.29, 0.717) is 12.0 Å². The fraction of sp³-hybridized carbons (Fsp3) is 0.677. The van der Waals surface area contributed by atoms with Crippen molar-refractivity contribution in [1.29, 1.82) is 0 Å². The number of benzene rings is 1. The molecule has 1 aromatic carbocycles. The quantitative estimate of drug-likeness (QED) is 0.215. The normalized spacial score (nSPS) is 15.2. The molecule has 0 fully saturated rings. The van der Waals surface area contributed by atoms with Crippen molar-refractivity contribution in [3.63, 3.8) is 0 Å². The number of hydrogen-bond acceptors (Lipinski definition) is 9. The lowest BCUT2D eigenvalue weighted by Gasteiger charge is -2.32. The van der Waals surface area contributed by atoms with E-state index in [1.54, 1.807) is 33.8 Å². The SMILES string of the molecule is CCC(C)(C)OC(=O)OC(C)C(C)C(c1ccc(OC(=O)CC(C)(C)C)c(OC(=O)CC(C)(C)C)c1)[C@H](N)C(=O)O. The van der Waals surface area contributed by atoms with E-state index >= 15 is 0 Å². The maximum atomic E-state index is 12.8. The van der Waals surface area contributed by atoms with E-state index < -0.39 is 53.6 Å². The van der Waals surface area contributed by atoms with Gasteiger partial charge in [-0.25, -0.2) is 4.79 Å². The van der Waals surface area contributed by atoms with Gasteiger partial charge in [0.25, 0.3) is 0 Å². The van der Waals surface area contributed by atoms with Crippen LogP contribution in [0.5, 0.6) is 11.5 Å². The molecule has 3 N–H and O–H groups in total. The van der Waals surface area contributed by atoms with E-state index in [1.165, 1.54) is 12.1 Å². The Morgan fingerprint density at radius 1 is 0.854 bits per heavy atom. The van der Waals surface area contributed by atoms with Crippen LogP contribution < -0.4 is 15.2 Å². The van der Waals surface area contributed by atoms with Gasteiger partial charge in [-0.1, -0.05) is 61.5 Å². The van der Waals surface area contributed by atoms with Gasteiger partial charge < -0.3 is 29.8 Å². The Hall–Kier alpha value is -3.14. The van der Waals surface area contributed by atoms with E-state index in [-0.39, 0.29) is 35.2 Å². The Labute approximate surface area is 244 Å². The lowest BCUT2D eigenvalue weighted by molar-refractivity contribution is -0.140. The fourth-order valence-electron chi connectivity index (χ4n) is 3.94. The molecule has 0 spiro atoms. The van der Waals surface area contributed by atoms with Crippen LogP contribution in [0.3, 0.4) is 0 Å². The predicted molar refractivity (Wildman–Crippen MR) is 155 cm³/mol. The van der Waals surface area contributed by atoms with Crippen LogP contribution in [0.1, 0.15) is 107 Å². The highest BCUT2D eigenvalue weighted by Gasteiger charge is 2.37. The Kier molecular flexibility index (Phi) is 12.4. The molecule has 0 bridgehead atoms. The van der Waals surface area contributed by atoms with Gasteiger partial charge in [-0.2, -0.15) is 0 Å². The van der Waals surface area contributed by atoms with Crippen LogP contribution >= 0.6 is 0 Å². The molecule has 0 radical (unpaired) electrons. The molecule has 0 aliphatic carbocycles. The number of esters is 2. The van der Waals surface area contributed by atoms with E-state index in [9.17, 15) is 24.3 Å². The number of nitrogens with two attached hydrogens (primary N) is 1. The van der Waals surface area contributed by atoms with Crippen LogP contribution in [0, 0.1) is 16.7 Å². The first kappa shape index (κ1) is 35.9. The molecule has 4 atom stereocenters. The van der Waals surface area contributed by atoms with E-state index in [2.05, 4.69) is 0 Å². The molecule has 0 saturated heterocycles. The second kappa shape index (κ2) is 14.2. The van der Waals surface area contributed by atoms with Crippen molar-refractivity contribution in [1.82, 2.24) is 0 Å². The third-order valence-corrected chi connectivity index (χ3v) is 6.62. The highest BCUT2D eigenvalue weighted by atomic mass is 16.7. The van der Waals surface area contributed by atoms with Crippen LogP contribution in [0.25, 0.3) is 0 Å². The Morgan fingerprint density at radius 2 is 1.34 bits per heavy atom. The number of rotatable bonds is 12. The minimum Gasteiger partial charge on any atom is -0.480 e. The Bertz CT molecular complexity index is 1080. The number of carboxylic acids is 1. The molecular weight excluding hydrogens is 530 g/mol. The number of carboxylic acid groups (broad SMARTS) is 1. The summed E-state index contributed by atoms with van der Waals surface area (Å²) in [6, 6.07) is 3.07.